The van der Waals surface area contributed by atoms with Crippen LogP contribution in [0, 0.1) is 5.92 Å². The van der Waals surface area contributed by atoms with Crippen molar-refractivity contribution in [3.63, 3.8) is 0 Å². The van der Waals surface area contributed by atoms with Crippen molar-refractivity contribution in [1.82, 2.24) is 64.8 Å². The fourth-order valence-electron chi connectivity index (χ4n) is 8.77. The summed E-state index contributed by atoms with van der Waals surface area (Å²) in [6.07, 6.45) is -6.81. The standard InChI is InChI=1S/C46H63FN20O16P2S2/c1-23(2)32(62-30(68)15-59-63-51)41(70)61-27(6-5-11-52-44(50)71)40(69)60-25-9-7-24(8-10-25)16-77-45(72)64(3)12-13-65(4)46(73)82-28-14-26(80-42(28)66-21-57-33-36(48)53-19-55-38(33)66)17-79-85(76,87)83-35-29(18-78-84(74,75)86)81-43(31(35)47)67-22-58-34-37(49)54-20-56-39(34)67/h7-10,19-23,26-29,31-32,35,42-43H,5-6,11-18H2,1-4H3,(H,60,69)(H,61,70)(H,62,68)(H,76,87)(H2,48,53,55)(H2,49,54,56)(H3,50,52,71)(H2,74,75,86)/t26-,27-,28+,29+,31+,32-,35+,42+,43+,85?/m0/s1. The fraction of sp³-hybridized carbons (Fsp3) is 0.522. The molecule has 0 spiro atoms. The van der Waals surface area contributed by atoms with Crippen LogP contribution in [0.15, 0.2) is 54.7 Å². The predicted molar refractivity (Wildman–Crippen MR) is 309 cm³/mol. The third-order valence-electron chi connectivity index (χ3n) is 13.2. The monoisotopic (exact) mass is 1300 g/mol. The third kappa shape index (κ3) is 18.2. The number of likely N-dealkylation sites (N-methyl/N-ethyl adjacent to an activating group) is 2. The molecule has 472 valence electrons. The Morgan fingerprint density at radius 2 is 1.53 bits per heavy atom. The van der Waals surface area contributed by atoms with Gasteiger partial charge in [-0.1, -0.05) is 43.3 Å². The molecule has 0 saturated carbocycles. The molecule has 41 heteroatoms. The van der Waals surface area contributed by atoms with Gasteiger partial charge in [-0.3, -0.25) is 32.6 Å². The third-order valence-corrected chi connectivity index (χ3v) is 15.6. The number of thiol groups is 1. The minimum atomic E-state index is -4.47. The molecule has 5 aromatic rings. The number of imidazole rings is 2. The molecule has 12 N–H and O–H groups in total. The molecule has 0 bridgehead atoms. The van der Waals surface area contributed by atoms with Crippen LogP contribution in [-0.2, 0) is 69.9 Å². The van der Waals surface area contributed by atoms with Crippen LogP contribution in [-0.4, -0.2) is 191 Å². The molecular weight excluding hydrogens is 1230 g/mol. The number of urea groups is 1. The van der Waals surface area contributed by atoms with Gasteiger partial charge >= 0.3 is 31.7 Å². The first-order valence-electron chi connectivity index (χ1n) is 26.2. The Morgan fingerprint density at radius 3 is 2.13 bits per heavy atom. The molecule has 87 heavy (non-hydrogen) atoms. The highest BCUT2D eigenvalue weighted by atomic mass is 32.7. The van der Waals surface area contributed by atoms with Gasteiger partial charge in [-0.15, -0.1) is 0 Å². The molecule has 7 rings (SSSR count). The largest absolute Gasteiger partial charge is 0.445 e. The summed E-state index contributed by atoms with van der Waals surface area (Å²) < 4.78 is 71.0. The van der Waals surface area contributed by atoms with Crippen LogP contribution >= 0.6 is 25.8 Å². The number of benzene rings is 1. The average Bonchev–Trinajstić information content (AvgIpc) is 1.72. The van der Waals surface area contributed by atoms with E-state index in [1.165, 1.54) is 64.1 Å². The SMILES string of the molecule is CC(C)[C@H](NC(=O)CN=[N+]=[N-])C(=O)N[C@@H](CCCNC(N)=O)C(=O)Nc1ccc(COC(=O)N(C)CCN(C)C(=O)O[C@@H]2C[C@@H](COP(O)(=S)O[C@H]3[C@@H](F)[C@H](n4cnc5c(N)ncnc54)O[C@@H]3COP(=O)(O)S)O[C@H]2n2cnc3c(N)ncnc32)cc1. The molecule has 0 radical (unpaired) electrons. The number of primary amides is 1. The number of alkyl halides is 1. The minimum absolute atomic E-state index is 0.00785. The van der Waals surface area contributed by atoms with Gasteiger partial charge in [0.15, 0.2) is 47.7 Å². The lowest BCUT2D eigenvalue weighted by Gasteiger charge is -2.25. The minimum Gasteiger partial charge on any atom is -0.445 e. The number of anilines is 3. The van der Waals surface area contributed by atoms with Crippen LogP contribution in [0.2, 0.25) is 0 Å². The topological polar surface area (TPSA) is 493 Å². The number of rotatable bonds is 28. The summed E-state index contributed by atoms with van der Waals surface area (Å²) in [5.41, 5.74) is 27.1. The number of nitrogens with zero attached hydrogens (tertiary/aromatic N) is 13. The van der Waals surface area contributed by atoms with E-state index < -0.39 is 130 Å². The molecule has 11 atom stereocenters. The summed E-state index contributed by atoms with van der Waals surface area (Å²) in [4.78, 5) is 128. The van der Waals surface area contributed by atoms with E-state index in [-0.39, 0.29) is 79.5 Å². The zero-order valence-electron chi connectivity index (χ0n) is 46.7. The molecule has 1 aromatic carbocycles. The number of halogens is 1. The number of ether oxygens (including phenoxy) is 4. The van der Waals surface area contributed by atoms with Gasteiger partial charge in [-0.25, -0.2) is 53.2 Å². The second-order valence-electron chi connectivity index (χ2n) is 19.9. The number of amides is 7. The summed E-state index contributed by atoms with van der Waals surface area (Å²) in [5.74, 6) is -2.40. The first kappa shape index (κ1) is 66.8. The van der Waals surface area contributed by atoms with E-state index in [4.69, 9.17) is 67.1 Å². The smallest absolute Gasteiger partial charge is 0.409 e. The number of nitrogens with two attached hydrogens (primary N) is 3. The van der Waals surface area contributed by atoms with Crippen LogP contribution in [0.3, 0.4) is 0 Å². The van der Waals surface area contributed by atoms with Gasteiger partial charge in [-0.05, 0) is 53.8 Å². The molecule has 7 amide bonds. The number of hydrogen-bond acceptors (Lipinski definition) is 24. The Balaban J connectivity index is 0.926. The second kappa shape index (κ2) is 29.8. The van der Waals surface area contributed by atoms with E-state index in [0.717, 1.165) is 6.33 Å². The van der Waals surface area contributed by atoms with Crippen molar-refractivity contribution in [2.24, 2.45) is 16.8 Å². The summed E-state index contributed by atoms with van der Waals surface area (Å²) in [6.45, 7) is -7.57. The predicted octanol–water partition coefficient (Wildman–Crippen LogP) is 2.05. The van der Waals surface area contributed by atoms with E-state index in [1.807, 2.05) is 0 Å². The van der Waals surface area contributed by atoms with Crippen molar-refractivity contribution >= 4 is 113 Å². The summed E-state index contributed by atoms with van der Waals surface area (Å²) >= 11 is 8.84. The molecule has 2 unspecified atom stereocenters. The van der Waals surface area contributed by atoms with Crippen molar-refractivity contribution in [2.75, 3.05) is 70.3 Å². The van der Waals surface area contributed by atoms with Crippen LogP contribution in [0.25, 0.3) is 32.8 Å². The lowest BCUT2D eigenvalue weighted by atomic mass is 10.0. The number of carbonyl (C=O) groups is 6. The Hall–Kier alpha value is -7.67. The van der Waals surface area contributed by atoms with Gasteiger partial charge in [0.05, 0.1) is 32.0 Å². The van der Waals surface area contributed by atoms with E-state index in [9.17, 15) is 43.1 Å². The quantitative estimate of drug-likeness (QED) is 0.00855. The molecule has 2 saturated heterocycles. The zero-order chi connectivity index (χ0) is 63.3. The Bertz CT molecular complexity index is 3440. The second-order valence-corrected chi connectivity index (χ2v) is 25.4. The summed E-state index contributed by atoms with van der Waals surface area (Å²) in [7, 11) is 2.86. The van der Waals surface area contributed by atoms with Gasteiger partial charge in [0.2, 0.25) is 17.7 Å². The van der Waals surface area contributed by atoms with E-state index in [2.05, 4.69) is 73.4 Å². The highest BCUT2D eigenvalue weighted by Crippen LogP contribution is 2.52. The lowest BCUT2D eigenvalue weighted by Crippen LogP contribution is -2.55. The molecule has 6 heterocycles. The van der Waals surface area contributed by atoms with Gasteiger partial charge < -0.3 is 81.5 Å². The Kier molecular flexibility index (Phi) is 22.9. The lowest BCUT2D eigenvalue weighted by molar-refractivity contribution is -0.131. The van der Waals surface area contributed by atoms with Gasteiger partial charge in [0.25, 0.3) is 0 Å². The van der Waals surface area contributed by atoms with Crippen molar-refractivity contribution in [3.8, 4) is 0 Å². The number of aromatic nitrogens is 8. The molecule has 2 aliphatic rings. The van der Waals surface area contributed by atoms with Crippen LogP contribution in [0.5, 0.6) is 0 Å². The Morgan fingerprint density at radius 1 is 0.908 bits per heavy atom. The number of fused-ring (bicyclic) bond motifs is 2. The van der Waals surface area contributed by atoms with Crippen molar-refractivity contribution in [3.05, 3.63) is 65.6 Å². The van der Waals surface area contributed by atoms with Crippen molar-refractivity contribution in [1.29, 1.82) is 0 Å². The number of azide groups is 1. The highest BCUT2D eigenvalue weighted by molar-refractivity contribution is 8.44. The fourth-order valence-corrected chi connectivity index (χ4v) is 10.8. The maximum Gasteiger partial charge on any atom is 0.409 e. The van der Waals surface area contributed by atoms with E-state index >= 15 is 4.39 Å². The van der Waals surface area contributed by atoms with Crippen molar-refractivity contribution < 1.29 is 80.0 Å². The van der Waals surface area contributed by atoms with E-state index in [1.54, 1.807) is 26.0 Å². The first-order chi connectivity index (χ1) is 41.2. The molecule has 2 fully saturated rings. The first-order valence-corrected chi connectivity index (χ1v) is 31.5. The molecule has 36 nitrogen and oxygen atoms in total. The zero-order valence-corrected chi connectivity index (χ0v) is 50.2. The maximum absolute atomic E-state index is 16.5. The molecule has 4 aromatic heterocycles. The van der Waals surface area contributed by atoms with Crippen LogP contribution < -0.4 is 38.5 Å². The maximum atomic E-state index is 16.5. The molecular formula is C46H63FN20O16P2S2. The van der Waals surface area contributed by atoms with Crippen LogP contribution in [0.1, 0.15) is 51.1 Å². The number of nitrogens with one attached hydrogen (secondary N) is 4. The van der Waals surface area contributed by atoms with Gasteiger partial charge in [0, 0.05) is 50.7 Å². The van der Waals surface area contributed by atoms with Gasteiger partial charge in [0.1, 0.15) is 61.1 Å². The number of nitrogen functional groups attached to an aromatic ring is 2. The molecule has 2 aliphatic heterocycles. The van der Waals surface area contributed by atoms with Crippen molar-refractivity contribution in [2.45, 2.75) is 94.8 Å². The normalized spacial score (nSPS) is 21.2. The van der Waals surface area contributed by atoms with E-state index in [0.29, 0.717) is 11.3 Å². The summed E-state index contributed by atoms with van der Waals surface area (Å²) in [5, 5.41) is 13.5. The number of carbonyl (C=O) groups excluding carboxylic acids is 6. The summed E-state index contributed by atoms with van der Waals surface area (Å²) in [6, 6.07) is 3.25. The average molecular weight is 1300 g/mol. The highest BCUT2D eigenvalue weighted by Gasteiger charge is 2.51. The Labute approximate surface area is 503 Å². The number of hydrogen-bond donors (Lipinski definition) is 10. The van der Waals surface area contributed by atoms with Crippen LogP contribution in [0.4, 0.5) is 36.1 Å². The van der Waals surface area contributed by atoms with Gasteiger partial charge in [-0.2, -0.15) is 0 Å². The molecule has 0 aliphatic carbocycles.